The molecule has 1 amide bonds. The number of benzene rings is 1. The monoisotopic (exact) mass is 435 g/mol. The van der Waals surface area contributed by atoms with Gasteiger partial charge in [0.1, 0.15) is 0 Å². The first-order valence-electron chi connectivity index (χ1n) is 6.82. The first kappa shape index (κ1) is 15.3. The molecule has 2 atom stereocenters. The molecule has 1 aromatic carbocycles. The lowest BCUT2D eigenvalue weighted by Gasteiger charge is -2.17. The lowest BCUT2D eigenvalue weighted by Crippen LogP contribution is -2.34. The fraction of sp³-hybridized carbons (Fsp3) is 0.533. The molecular weight excluding hydrogens is 417 g/mol. The van der Waals surface area contributed by atoms with Gasteiger partial charge < -0.3 is 5.32 Å². The molecule has 1 fully saturated rings. The zero-order valence-corrected chi connectivity index (χ0v) is 14.8. The van der Waals surface area contributed by atoms with Crippen LogP contribution in [0.2, 0.25) is 0 Å². The van der Waals surface area contributed by atoms with Crippen molar-refractivity contribution in [3.8, 4) is 0 Å². The fourth-order valence-electron chi connectivity index (χ4n) is 2.57. The Labute approximate surface area is 137 Å². The van der Waals surface area contributed by atoms with Crippen LogP contribution in [-0.4, -0.2) is 11.9 Å². The van der Waals surface area contributed by atoms with Crippen LogP contribution in [0, 0.1) is 9.49 Å². The molecule has 0 spiro atoms. The number of amides is 1. The predicted molar refractivity (Wildman–Crippen MR) is 90.4 cm³/mol. The van der Waals surface area contributed by atoms with Crippen molar-refractivity contribution in [1.82, 2.24) is 5.32 Å². The van der Waals surface area contributed by atoms with Crippen molar-refractivity contribution in [1.29, 1.82) is 0 Å². The summed E-state index contributed by atoms with van der Waals surface area (Å²) in [6, 6.07) is 6.20. The number of halogens is 2. The van der Waals surface area contributed by atoms with Gasteiger partial charge in [-0.25, -0.2) is 0 Å². The summed E-state index contributed by atoms with van der Waals surface area (Å²) in [6.45, 7) is 2.31. The van der Waals surface area contributed by atoms with Crippen LogP contribution < -0.4 is 5.32 Å². The van der Waals surface area contributed by atoms with E-state index in [1.807, 2.05) is 18.2 Å². The molecule has 0 aliphatic heterocycles. The summed E-state index contributed by atoms with van der Waals surface area (Å²) in [5.74, 6) is 0.844. The predicted octanol–water partition coefficient (Wildman–Crippen LogP) is 4.75. The molecule has 1 aromatic rings. The molecular formula is C15H19BrINO. The van der Waals surface area contributed by atoms with E-state index in [-0.39, 0.29) is 5.91 Å². The topological polar surface area (TPSA) is 29.1 Å². The summed E-state index contributed by atoms with van der Waals surface area (Å²) < 4.78 is 1.95. The van der Waals surface area contributed by atoms with Gasteiger partial charge in [0.05, 0.1) is 5.56 Å². The van der Waals surface area contributed by atoms with Gasteiger partial charge in [0.25, 0.3) is 5.91 Å². The van der Waals surface area contributed by atoms with E-state index in [0.29, 0.717) is 6.04 Å². The summed E-state index contributed by atoms with van der Waals surface area (Å²) >= 11 is 5.69. The van der Waals surface area contributed by atoms with Gasteiger partial charge in [-0.2, -0.15) is 0 Å². The van der Waals surface area contributed by atoms with Crippen LogP contribution in [0.25, 0.3) is 0 Å². The maximum Gasteiger partial charge on any atom is 0.252 e. The van der Waals surface area contributed by atoms with Crippen LogP contribution >= 0.6 is 38.5 Å². The van der Waals surface area contributed by atoms with Gasteiger partial charge in [0, 0.05) is 14.1 Å². The molecule has 1 aliphatic carbocycles. The van der Waals surface area contributed by atoms with Crippen molar-refractivity contribution in [3.05, 3.63) is 31.8 Å². The van der Waals surface area contributed by atoms with E-state index in [2.05, 4.69) is 50.8 Å². The van der Waals surface area contributed by atoms with Gasteiger partial charge >= 0.3 is 0 Å². The molecule has 104 valence electrons. The lowest BCUT2D eigenvalue weighted by atomic mass is 10.0. The Bertz CT molecular complexity index is 463. The highest BCUT2D eigenvalue weighted by Gasteiger charge is 2.19. The first-order chi connectivity index (χ1) is 9.06. The molecule has 19 heavy (non-hydrogen) atoms. The average Bonchev–Trinajstić information content (AvgIpc) is 2.57. The highest BCUT2D eigenvalue weighted by molar-refractivity contribution is 14.1. The van der Waals surface area contributed by atoms with Crippen molar-refractivity contribution >= 4 is 44.4 Å². The number of hydrogen-bond acceptors (Lipinski definition) is 1. The third kappa shape index (κ3) is 4.45. The minimum absolute atomic E-state index is 0.0462. The standard InChI is InChI=1S/C15H19BrINO/c1-10-3-2-4-12(7-5-10)18-15(19)13-9-11(17)6-8-14(13)16/h6,8-10,12H,2-5,7H2,1H3,(H,18,19). The quantitative estimate of drug-likeness (QED) is 0.527. The van der Waals surface area contributed by atoms with Crippen molar-refractivity contribution in [2.45, 2.75) is 45.1 Å². The summed E-state index contributed by atoms with van der Waals surface area (Å²) in [7, 11) is 0. The van der Waals surface area contributed by atoms with E-state index in [1.54, 1.807) is 0 Å². The summed E-state index contributed by atoms with van der Waals surface area (Å²) in [6.07, 6.45) is 5.95. The summed E-state index contributed by atoms with van der Waals surface area (Å²) in [5, 5.41) is 3.19. The van der Waals surface area contributed by atoms with E-state index >= 15 is 0 Å². The molecule has 4 heteroatoms. The third-order valence-electron chi connectivity index (χ3n) is 3.77. The van der Waals surface area contributed by atoms with Gasteiger partial charge in [0.15, 0.2) is 0 Å². The Balaban J connectivity index is 2.02. The van der Waals surface area contributed by atoms with E-state index in [0.717, 1.165) is 32.4 Å². The maximum atomic E-state index is 12.3. The smallest absolute Gasteiger partial charge is 0.252 e. The SMILES string of the molecule is CC1CCCC(NC(=O)c2cc(I)ccc2Br)CC1. The number of carbonyl (C=O) groups is 1. The molecule has 2 unspecified atom stereocenters. The molecule has 2 rings (SSSR count). The second kappa shape index (κ2) is 7.07. The summed E-state index contributed by atoms with van der Waals surface area (Å²) in [4.78, 5) is 12.3. The average molecular weight is 436 g/mol. The maximum absolute atomic E-state index is 12.3. The Morgan fingerprint density at radius 1 is 1.32 bits per heavy atom. The highest BCUT2D eigenvalue weighted by Crippen LogP contribution is 2.24. The molecule has 1 saturated carbocycles. The van der Waals surface area contributed by atoms with Gasteiger partial charge in [-0.1, -0.05) is 19.8 Å². The van der Waals surface area contributed by atoms with Crippen LogP contribution in [0.3, 0.4) is 0 Å². The van der Waals surface area contributed by atoms with Crippen molar-refractivity contribution in [2.75, 3.05) is 0 Å². The Morgan fingerprint density at radius 2 is 2.11 bits per heavy atom. The van der Waals surface area contributed by atoms with Gasteiger partial charge in [-0.15, -0.1) is 0 Å². The van der Waals surface area contributed by atoms with Gasteiger partial charge in [-0.05, 0) is 81.9 Å². The molecule has 0 heterocycles. The molecule has 0 saturated heterocycles. The zero-order chi connectivity index (χ0) is 13.8. The Morgan fingerprint density at radius 3 is 2.89 bits per heavy atom. The Hall–Kier alpha value is -0.100. The van der Waals surface area contributed by atoms with E-state index < -0.39 is 0 Å². The number of carbonyl (C=O) groups excluding carboxylic acids is 1. The largest absolute Gasteiger partial charge is 0.349 e. The molecule has 0 bridgehead atoms. The van der Waals surface area contributed by atoms with Crippen LogP contribution in [0.1, 0.15) is 49.4 Å². The van der Waals surface area contributed by atoms with E-state index in [4.69, 9.17) is 0 Å². The van der Waals surface area contributed by atoms with Crippen LogP contribution in [0.5, 0.6) is 0 Å². The number of rotatable bonds is 2. The second-order valence-corrected chi connectivity index (χ2v) is 7.51. The summed E-state index contributed by atoms with van der Waals surface area (Å²) in [5.41, 5.74) is 0.740. The van der Waals surface area contributed by atoms with Gasteiger partial charge in [-0.3, -0.25) is 4.79 Å². The van der Waals surface area contributed by atoms with Crippen LogP contribution in [0.15, 0.2) is 22.7 Å². The first-order valence-corrected chi connectivity index (χ1v) is 8.69. The number of nitrogens with one attached hydrogen (secondary N) is 1. The lowest BCUT2D eigenvalue weighted by molar-refractivity contribution is 0.0932. The van der Waals surface area contributed by atoms with Crippen molar-refractivity contribution < 1.29 is 4.79 Å². The molecule has 0 aromatic heterocycles. The molecule has 1 N–H and O–H groups in total. The zero-order valence-electron chi connectivity index (χ0n) is 11.1. The normalized spacial score (nSPS) is 23.7. The molecule has 1 aliphatic rings. The molecule has 0 radical (unpaired) electrons. The number of hydrogen-bond donors (Lipinski definition) is 1. The van der Waals surface area contributed by atoms with E-state index in [9.17, 15) is 4.79 Å². The highest BCUT2D eigenvalue weighted by atomic mass is 127. The van der Waals surface area contributed by atoms with E-state index in [1.165, 1.54) is 19.3 Å². The van der Waals surface area contributed by atoms with Crippen LogP contribution in [-0.2, 0) is 0 Å². The third-order valence-corrected chi connectivity index (χ3v) is 5.13. The van der Waals surface area contributed by atoms with Crippen molar-refractivity contribution in [2.24, 2.45) is 5.92 Å². The fourth-order valence-corrected chi connectivity index (χ4v) is 3.48. The Kier molecular flexibility index (Phi) is 5.69. The molecule has 2 nitrogen and oxygen atoms in total. The van der Waals surface area contributed by atoms with Crippen LogP contribution in [0.4, 0.5) is 0 Å². The van der Waals surface area contributed by atoms with Gasteiger partial charge in [0.2, 0.25) is 0 Å². The van der Waals surface area contributed by atoms with Crippen molar-refractivity contribution in [3.63, 3.8) is 0 Å². The second-order valence-electron chi connectivity index (χ2n) is 5.41. The minimum atomic E-state index is 0.0462. The minimum Gasteiger partial charge on any atom is -0.349 e.